The summed E-state index contributed by atoms with van der Waals surface area (Å²) in [4.78, 5) is 21.8. The Balaban J connectivity index is 1.25. The molecule has 33 heavy (non-hydrogen) atoms. The topological polar surface area (TPSA) is 69.0 Å². The van der Waals surface area contributed by atoms with Gasteiger partial charge in [-0.05, 0) is 48.2 Å². The fourth-order valence-electron chi connectivity index (χ4n) is 3.97. The molecule has 5 rings (SSSR count). The zero-order valence-corrected chi connectivity index (χ0v) is 19.1. The molecule has 1 saturated heterocycles. The van der Waals surface area contributed by atoms with Crippen LogP contribution >= 0.6 is 11.8 Å². The van der Waals surface area contributed by atoms with Crippen molar-refractivity contribution in [1.29, 1.82) is 0 Å². The fourth-order valence-corrected chi connectivity index (χ4v) is 4.93. The molecule has 1 fully saturated rings. The molecular weight excluding hydrogens is 432 g/mol. The number of carbonyl (C=O) groups excluding carboxylic acids is 1. The fraction of sp³-hybridized carbons (Fsp3) is 0.269. The molecule has 1 aliphatic rings. The molecule has 0 aliphatic carbocycles. The van der Waals surface area contributed by atoms with Gasteiger partial charge in [0.25, 0.3) is 5.91 Å². The van der Waals surface area contributed by atoms with Gasteiger partial charge in [-0.25, -0.2) is 9.97 Å². The molecule has 2 aromatic carbocycles. The van der Waals surface area contributed by atoms with Gasteiger partial charge in [-0.3, -0.25) is 9.36 Å². The molecule has 3 heterocycles. The zero-order chi connectivity index (χ0) is 22.5. The lowest BCUT2D eigenvalue weighted by molar-refractivity contribution is 0.0858. The average Bonchev–Trinajstić information content (AvgIpc) is 3.50. The molecule has 0 radical (unpaired) electrons. The molecule has 2 aromatic heterocycles. The molecule has 0 spiro atoms. The van der Waals surface area contributed by atoms with Crippen LogP contribution in [0.1, 0.15) is 34.3 Å². The molecule has 1 unspecified atom stereocenters. The predicted molar refractivity (Wildman–Crippen MR) is 130 cm³/mol. The lowest BCUT2D eigenvalue weighted by Gasteiger charge is -2.11. The molecule has 6 nitrogen and oxygen atoms in total. The third-order valence-electron chi connectivity index (χ3n) is 5.75. The van der Waals surface area contributed by atoms with E-state index in [0.717, 1.165) is 53.6 Å². The third-order valence-corrected chi connectivity index (χ3v) is 6.80. The normalized spacial score (nSPS) is 15.7. The van der Waals surface area contributed by atoms with Crippen molar-refractivity contribution in [1.82, 2.24) is 19.9 Å². The van der Waals surface area contributed by atoms with Crippen LogP contribution in [0, 0.1) is 0 Å². The van der Waals surface area contributed by atoms with Gasteiger partial charge in [0.2, 0.25) is 0 Å². The van der Waals surface area contributed by atoms with Crippen LogP contribution in [-0.2, 0) is 17.0 Å². The Hall–Kier alpha value is -3.16. The van der Waals surface area contributed by atoms with Gasteiger partial charge in [-0.2, -0.15) is 0 Å². The second kappa shape index (κ2) is 10.2. The Morgan fingerprint density at radius 2 is 1.91 bits per heavy atom. The number of amides is 1. The molecule has 4 aromatic rings. The smallest absolute Gasteiger partial charge is 0.251 e. The van der Waals surface area contributed by atoms with E-state index < -0.39 is 0 Å². The Bertz CT molecular complexity index is 1220. The quantitative estimate of drug-likeness (QED) is 0.388. The highest BCUT2D eigenvalue weighted by atomic mass is 32.2. The van der Waals surface area contributed by atoms with Gasteiger partial charge in [0.05, 0.1) is 12.6 Å². The highest BCUT2D eigenvalue weighted by Crippen LogP contribution is 2.27. The lowest BCUT2D eigenvalue weighted by atomic mass is 10.1. The van der Waals surface area contributed by atoms with Crippen molar-refractivity contribution in [2.75, 3.05) is 13.2 Å². The second-order valence-corrected chi connectivity index (χ2v) is 9.09. The molecule has 0 saturated carbocycles. The van der Waals surface area contributed by atoms with E-state index in [1.165, 1.54) is 5.56 Å². The van der Waals surface area contributed by atoms with E-state index in [4.69, 9.17) is 9.72 Å². The first-order valence-corrected chi connectivity index (χ1v) is 12.2. The van der Waals surface area contributed by atoms with Crippen molar-refractivity contribution < 1.29 is 9.53 Å². The largest absolute Gasteiger partial charge is 0.376 e. The van der Waals surface area contributed by atoms with E-state index in [-0.39, 0.29) is 12.0 Å². The van der Waals surface area contributed by atoms with Gasteiger partial charge in [0, 0.05) is 30.7 Å². The summed E-state index contributed by atoms with van der Waals surface area (Å²) in [5.41, 5.74) is 4.81. The van der Waals surface area contributed by atoms with Gasteiger partial charge < -0.3 is 10.1 Å². The molecule has 0 bridgehead atoms. The average molecular weight is 459 g/mol. The lowest BCUT2D eigenvalue weighted by Crippen LogP contribution is -2.31. The predicted octanol–water partition coefficient (Wildman–Crippen LogP) is 4.68. The number of hydrogen-bond acceptors (Lipinski definition) is 5. The molecule has 1 N–H and O–H groups in total. The summed E-state index contributed by atoms with van der Waals surface area (Å²) >= 11 is 1.68. The maximum Gasteiger partial charge on any atom is 0.251 e. The summed E-state index contributed by atoms with van der Waals surface area (Å²) in [5, 5.41) is 3.91. The van der Waals surface area contributed by atoms with E-state index in [1.54, 1.807) is 11.8 Å². The van der Waals surface area contributed by atoms with Crippen molar-refractivity contribution in [2.45, 2.75) is 36.4 Å². The van der Waals surface area contributed by atoms with E-state index in [1.807, 2.05) is 60.8 Å². The van der Waals surface area contributed by atoms with Crippen molar-refractivity contribution in [3.8, 4) is 0 Å². The number of pyridine rings is 1. The molecular formula is C26H26N4O2S. The highest BCUT2D eigenvalue weighted by Gasteiger charge is 2.17. The van der Waals surface area contributed by atoms with Crippen LogP contribution in [0.25, 0.3) is 11.2 Å². The Kier molecular flexibility index (Phi) is 6.69. The molecule has 1 atom stereocenters. The number of rotatable bonds is 8. The van der Waals surface area contributed by atoms with Gasteiger partial charge in [0.15, 0.2) is 10.8 Å². The Labute approximate surface area is 197 Å². The Morgan fingerprint density at radius 1 is 1.06 bits per heavy atom. The summed E-state index contributed by atoms with van der Waals surface area (Å²) in [5.74, 6) is 0.705. The van der Waals surface area contributed by atoms with Crippen LogP contribution in [0.2, 0.25) is 0 Å². The number of carbonyl (C=O) groups is 1. The number of hydrogen-bond donors (Lipinski definition) is 1. The van der Waals surface area contributed by atoms with E-state index >= 15 is 0 Å². The monoisotopic (exact) mass is 458 g/mol. The van der Waals surface area contributed by atoms with E-state index in [9.17, 15) is 4.79 Å². The summed E-state index contributed by atoms with van der Waals surface area (Å²) in [6.07, 6.45) is 4.04. The van der Waals surface area contributed by atoms with Crippen molar-refractivity contribution in [2.24, 2.45) is 0 Å². The highest BCUT2D eigenvalue weighted by molar-refractivity contribution is 7.98. The first-order chi connectivity index (χ1) is 16.3. The van der Waals surface area contributed by atoms with Gasteiger partial charge >= 0.3 is 0 Å². The number of nitrogens with zero attached hydrogens (tertiary/aromatic N) is 3. The van der Waals surface area contributed by atoms with Crippen LogP contribution in [0.3, 0.4) is 0 Å². The number of nitrogens with one attached hydrogen (secondary N) is 1. The van der Waals surface area contributed by atoms with Crippen LogP contribution in [0.5, 0.6) is 0 Å². The van der Waals surface area contributed by atoms with Crippen molar-refractivity contribution in [3.05, 3.63) is 89.6 Å². The summed E-state index contributed by atoms with van der Waals surface area (Å²) in [7, 11) is 0. The molecule has 1 aliphatic heterocycles. The van der Waals surface area contributed by atoms with Gasteiger partial charge in [-0.1, -0.05) is 54.2 Å². The summed E-state index contributed by atoms with van der Waals surface area (Å²) < 4.78 is 7.74. The number of thioether (sulfide) groups is 1. The Morgan fingerprint density at radius 3 is 2.70 bits per heavy atom. The van der Waals surface area contributed by atoms with Gasteiger partial charge in [-0.15, -0.1) is 0 Å². The van der Waals surface area contributed by atoms with Crippen LogP contribution in [-0.4, -0.2) is 39.7 Å². The molecule has 168 valence electrons. The van der Waals surface area contributed by atoms with Gasteiger partial charge in [0.1, 0.15) is 5.52 Å². The second-order valence-electron chi connectivity index (χ2n) is 8.14. The summed E-state index contributed by atoms with van der Waals surface area (Å²) in [6, 6.07) is 22.1. The number of aromatic nitrogens is 3. The minimum absolute atomic E-state index is 0.0552. The molecule has 1 amide bonds. The van der Waals surface area contributed by atoms with Crippen molar-refractivity contribution >= 4 is 28.8 Å². The van der Waals surface area contributed by atoms with Crippen molar-refractivity contribution in [3.63, 3.8) is 0 Å². The first-order valence-electron chi connectivity index (χ1n) is 11.2. The van der Waals surface area contributed by atoms with E-state index in [2.05, 4.69) is 27.0 Å². The minimum Gasteiger partial charge on any atom is -0.376 e. The SMILES string of the molecule is O=C(NCC1CCCO1)c1ccc(CSc2nc3cccnc3n2Cc2ccccc2)cc1. The standard InChI is InChI=1S/C26H26N4O2S/c31-25(28-16-22-8-5-15-32-22)21-12-10-20(11-13-21)18-33-26-29-23-9-4-14-27-24(23)30(26)17-19-6-2-1-3-7-19/h1-4,6-7,9-14,22H,5,8,15-18H2,(H,28,31). The maximum absolute atomic E-state index is 12.4. The molecule has 7 heteroatoms. The zero-order valence-electron chi connectivity index (χ0n) is 18.3. The number of ether oxygens (including phenoxy) is 1. The summed E-state index contributed by atoms with van der Waals surface area (Å²) in [6.45, 7) is 2.09. The van der Waals surface area contributed by atoms with E-state index in [0.29, 0.717) is 12.1 Å². The van der Waals surface area contributed by atoms with Crippen LogP contribution < -0.4 is 5.32 Å². The minimum atomic E-state index is -0.0552. The first kappa shape index (κ1) is 21.7. The number of fused-ring (bicyclic) bond motifs is 1. The maximum atomic E-state index is 12.4. The number of benzene rings is 2. The third kappa shape index (κ3) is 5.26. The van der Waals surface area contributed by atoms with Crippen LogP contribution in [0.15, 0.2) is 78.1 Å². The number of imidazole rings is 1. The van der Waals surface area contributed by atoms with Crippen LogP contribution in [0.4, 0.5) is 0 Å².